The van der Waals surface area contributed by atoms with E-state index in [0.29, 0.717) is 16.7 Å². The van der Waals surface area contributed by atoms with Gasteiger partial charge in [-0.15, -0.1) is 0 Å². The highest BCUT2D eigenvalue weighted by atomic mass is 16.2. The molecule has 1 unspecified atom stereocenters. The highest BCUT2D eigenvalue weighted by Crippen LogP contribution is 2.41. The molecule has 4 N–H and O–H groups in total. The summed E-state index contributed by atoms with van der Waals surface area (Å²) in [5.41, 5.74) is 11.6. The molecule has 5 rings (SSSR count). The van der Waals surface area contributed by atoms with Gasteiger partial charge < -0.3 is 20.2 Å². The number of H-pyrrole nitrogens is 1. The third-order valence-electron chi connectivity index (χ3n) is 6.59. The van der Waals surface area contributed by atoms with Crippen LogP contribution in [-0.2, 0) is 9.59 Å². The van der Waals surface area contributed by atoms with E-state index in [1.807, 2.05) is 72.2 Å². The summed E-state index contributed by atoms with van der Waals surface area (Å²) in [5, 5.41) is 4.35. The molecule has 2 aromatic carbocycles. The van der Waals surface area contributed by atoms with Gasteiger partial charge >= 0.3 is 0 Å². The Balaban J connectivity index is 1.83. The lowest BCUT2D eigenvalue weighted by atomic mass is 9.95. The number of hydrogen-bond acceptors (Lipinski definition) is 4. The summed E-state index contributed by atoms with van der Waals surface area (Å²) in [5.74, 6) is -0.775. The monoisotopic (exact) mass is 455 g/mol. The highest BCUT2D eigenvalue weighted by Gasteiger charge is 2.35. The quantitative estimate of drug-likeness (QED) is 0.360. The highest BCUT2D eigenvalue weighted by molar-refractivity contribution is 6.51. The molecule has 1 atom stereocenters. The molecule has 0 spiro atoms. The van der Waals surface area contributed by atoms with Crippen molar-refractivity contribution in [3.05, 3.63) is 66.0 Å². The van der Waals surface area contributed by atoms with Crippen molar-refractivity contribution in [2.24, 2.45) is 5.73 Å². The van der Waals surface area contributed by atoms with Gasteiger partial charge in [0.25, 0.3) is 11.8 Å². The molecule has 0 fully saturated rings. The first-order valence-electron chi connectivity index (χ1n) is 11.7. The van der Waals surface area contributed by atoms with E-state index in [-0.39, 0.29) is 18.0 Å². The van der Waals surface area contributed by atoms with Crippen LogP contribution in [0, 0.1) is 0 Å². The van der Waals surface area contributed by atoms with Gasteiger partial charge in [0, 0.05) is 59.6 Å². The molecule has 0 radical (unpaired) electrons. The SMILES string of the molecule is CCCCC(N)n1cc(C2=C(c3c[nH]c4ccccc34)C(=O)NC2=O)c2c(N(C)C)cccc21. The third kappa shape index (κ3) is 3.40. The second-order valence-corrected chi connectivity index (χ2v) is 9.01. The molecule has 0 bridgehead atoms. The van der Waals surface area contributed by atoms with Gasteiger partial charge in [0.1, 0.15) is 0 Å². The lowest BCUT2D eigenvalue weighted by Gasteiger charge is -2.17. The van der Waals surface area contributed by atoms with E-state index >= 15 is 0 Å². The molecule has 4 aromatic rings. The van der Waals surface area contributed by atoms with E-state index in [2.05, 4.69) is 17.2 Å². The van der Waals surface area contributed by atoms with E-state index < -0.39 is 0 Å². The van der Waals surface area contributed by atoms with Crippen molar-refractivity contribution in [2.75, 3.05) is 19.0 Å². The van der Waals surface area contributed by atoms with Gasteiger partial charge in [0.05, 0.1) is 22.8 Å². The second kappa shape index (κ2) is 8.50. The molecule has 0 saturated carbocycles. The Morgan fingerprint density at radius 1 is 1.00 bits per heavy atom. The van der Waals surface area contributed by atoms with E-state index in [1.165, 1.54) is 0 Å². The summed E-state index contributed by atoms with van der Waals surface area (Å²) in [6.45, 7) is 2.14. The zero-order valence-corrected chi connectivity index (χ0v) is 19.7. The molecule has 2 amide bonds. The number of anilines is 1. The van der Waals surface area contributed by atoms with Gasteiger partial charge in [-0.05, 0) is 24.6 Å². The van der Waals surface area contributed by atoms with Gasteiger partial charge in [0.2, 0.25) is 0 Å². The molecular formula is C27H29N5O2. The first kappa shape index (κ1) is 22.0. The van der Waals surface area contributed by atoms with Crippen molar-refractivity contribution in [2.45, 2.75) is 32.4 Å². The number of nitrogens with two attached hydrogens (primary N) is 1. The predicted molar refractivity (Wildman–Crippen MR) is 137 cm³/mol. The molecule has 3 heterocycles. The van der Waals surface area contributed by atoms with Crippen LogP contribution in [0.1, 0.15) is 43.5 Å². The number of amides is 2. The Hall–Kier alpha value is -3.84. The maximum absolute atomic E-state index is 13.2. The van der Waals surface area contributed by atoms with E-state index in [9.17, 15) is 9.59 Å². The van der Waals surface area contributed by atoms with Gasteiger partial charge in [-0.25, -0.2) is 0 Å². The molecule has 1 aliphatic heterocycles. The molecule has 1 aliphatic rings. The fraction of sp³-hybridized carbons (Fsp3) is 0.259. The van der Waals surface area contributed by atoms with Crippen LogP contribution in [0.4, 0.5) is 5.69 Å². The number of para-hydroxylation sites is 1. The average molecular weight is 456 g/mol. The predicted octanol–water partition coefficient (Wildman–Crippen LogP) is 4.40. The fourth-order valence-corrected chi connectivity index (χ4v) is 4.93. The topological polar surface area (TPSA) is 96.1 Å². The molecular weight excluding hydrogens is 426 g/mol. The number of nitrogens with one attached hydrogen (secondary N) is 2. The number of carbonyl (C=O) groups is 2. The molecule has 0 aliphatic carbocycles. The van der Waals surface area contributed by atoms with Crippen molar-refractivity contribution in [3.63, 3.8) is 0 Å². The average Bonchev–Trinajstić information content (AvgIpc) is 3.49. The summed E-state index contributed by atoms with van der Waals surface area (Å²) >= 11 is 0. The van der Waals surface area contributed by atoms with Crippen LogP contribution < -0.4 is 16.0 Å². The van der Waals surface area contributed by atoms with Crippen LogP contribution >= 0.6 is 0 Å². The Morgan fingerprint density at radius 2 is 1.74 bits per heavy atom. The number of benzene rings is 2. The van der Waals surface area contributed by atoms with E-state index in [0.717, 1.165) is 52.3 Å². The minimum atomic E-state index is -0.389. The number of imide groups is 1. The van der Waals surface area contributed by atoms with Crippen molar-refractivity contribution >= 4 is 50.5 Å². The Labute approximate surface area is 198 Å². The first-order chi connectivity index (χ1) is 16.4. The summed E-state index contributed by atoms with van der Waals surface area (Å²) in [6.07, 6.45) is 6.40. The van der Waals surface area contributed by atoms with Crippen molar-refractivity contribution in [1.82, 2.24) is 14.9 Å². The fourth-order valence-electron chi connectivity index (χ4n) is 4.93. The van der Waals surface area contributed by atoms with E-state index in [4.69, 9.17) is 5.73 Å². The Bertz CT molecular complexity index is 1460. The lowest BCUT2D eigenvalue weighted by molar-refractivity contribution is -0.122. The van der Waals surface area contributed by atoms with Gasteiger partial charge in [-0.3, -0.25) is 14.9 Å². The van der Waals surface area contributed by atoms with Gasteiger partial charge in [0.15, 0.2) is 0 Å². The minimum absolute atomic E-state index is 0.231. The number of nitrogens with zero attached hydrogens (tertiary/aromatic N) is 2. The van der Waals surface area contributed by atoms with E-state index in [1.54, 1.807) is 6.20 Å². The van der Waals surface area contributed by atoms with Crippen LogP contribution in [-0.4, -0.2) is 35.5 Å². The number of rotatable bonds is 7. The molecule has 34 heavy (non-hydrogen) atoms. The minimum Gasteiger partial charge on any atom is -0.377 e. The summed E-state index contributed by atoms with van der Waals surface area (Å²) < 4.78 is 2.04. The van der Waals surface area contributed by atoms with Crippen molar-refractivity contribution in [1.29, 1.82) is 0 Å². The van der Waals surface area contributed by atoms with Gasteiger partial charge in [-0.2, -0.15) is 0 Å². The number of fused-ring (bicyclic) bond motifs is 2. The molecule has 2 aromatic heterocycles. The normalized spacial score (nSPS) is 14.9. The molecule has 174 valence electrons. The van der Waals surface area contributed by atoms with Crippen LogP contribution in [0.25, 0.3) is 33.0 Å². The first-order valence-corrected chi connectivity index (χ1v) is 11.7. The standard InChI is InChI=1S/C27H29N5O2/c1-4-5-13-22(28)32-15-18(23-20(31(2)3)11-8-12-21(23)32)25-24(26(33)30-27(25)34)17-14-29-19-10-7-6-9-16(17)19/h6-12,14-15,22,29H,4-5,13,28H2,1-3H3,(H,30,33,34). The second-order valence-electron chi connectivity index (χ2n) is 9.01. The van der Waals surface area contributed by atoms with Crippen LogP contribution in [0.5, 0.6) is 0 Å². The number of hydrogen-bond donors (Lipinski definition) is 3. The Morgan fingerprint density at radius 3 is 2.47 bits per heavy atom. The van der Waals surface area contributed by atoms with Crippen molar-refractivity contribution < 1.29 is 9.59 Å². The number of aromatic nitrogens is 2. The largest absolute Gasteiger partial charge is 0.377 e. The third-order valence-corrected chi connectivity index (χ3v) is 6.59. The zero-order valence-electron chi connectivity index (χ0n) is 19.7. The Kier molecular flexibility index (Phi) is 5.49. The number of unbranched alkanes of at least 4 members (excludes halogenated alkanes) is 1. The maximum Gasteiger partial charge on any atom is 0.259 e. The van der Waals surface area contributed by atoms with Crippen LogP contribution in [0.15, 0.2) is 54.9 Å². The maximum atomic E-state index is 13.2. The summed E-state index contributed by atoms with van der Waals surface area (Å²) in [6, 6.07) is 13.8. The number of carbonyl (C=O) groups excluding carboxylic acids is 2. The zero-order chi connectivity index (χ0) is 24.0. The molecule has 7 heteroatoms. The van der Waals surface area contributed by atoms with Gasteiger partial charge in [-0.1, -0.05) is 44.0 Å². The van der Waals surface area contributed by atoms with Crippen LogP contribution in [0.3, 0.4) is 0 Å². The lowest BCUT2D eigenvalue weighted by Crippen LogP contribution is -2.22. The summed E-state index contributed by atoms with van der Waals surface area (Å²) in [7, 11) is 3.95. The number of aromatic amines is 1. The van der Waals surface area contributed by atoms with Crippen LogP contribution in [0.2, 0.25) is 0 Å². The molecule has 0 saturated heterocycles. The smallest absolute Gasteiger partial charge is 0.259 e. The summed E-state index contributed by atoms with van der Waals surface area (Å²) in [4.78, 5) is 31.6. The van der Waals surface area contributed by atoms with Crippen molar-refractivity contribution in [3.8, 4) is 0 Å². The molecule has 7 nitrogen and oxygen atoms in total.